The van der Waals surface area contributed by atoms with Crippen LogP contribution in [0.5, 0.6) is 0 Å². The zero-order chi connectivity index (χ0) is 11.0. The van der Waals surface area contributed by atoms with Crippen molar-refractivity contribution in [2.24, 2.45) is 5.84 Å². The Balaban J connectivity index is 3.58. The van der Waals surface area contributed by atoms with Gasteiger partial charge in [-0.15, -0.1) is 0 Å². The van der Waals surface area contributed by atoms with Crippen molar-refractivity contribution in [2.75, 3.05) is 5.75 Å². The summed E-state index contributed by atoms with van der Waals surface area (Å²) in [5, 5.41) is 0. The van der Waals surface area contributed by atoms with Crippen molar-refractivity contribution >= 4 is 11.8 Å². The van der Waals surface area contributed by atoms with Crippen LogP contribution >= 0.6 is 11.8 Å². The van der Waals surface area contributed by atoms with Crippen LogP contribution in [-0.2, 0) is 0 Å². The van der Waals surface area contributed by atoms with E-state index in [1.807, 2.05) is 11.8 Å². The number of hydrogen-bond acceptors (Lipinski definition) is 3. The molecule has 0 saturated heterocycles. The van der Waals surface area contributed by atoms with Gasteiger partial charge in [0.1, 0.15) is 0 Å². The average Bonchev–Trinajstić information content (AvgIpc) is 2.09. The molecule has 0 aromatic heterocycles. The smallest absolute Gasteiger partial charge is 0.0301 e. The van der Waals surface area contributed by atoms with Crippen molar-refractivity contribution in [3.8, 4) is 0 Å². The summed E-state index contributed by atoms with van der Waals surface area (Å²) in [6.07, 6.45) is 5.09. The fourth-order valence-corrected chi connectivity index (χ4v) is 2.17. The van der Waals surface area contributed by atoms with Crippen LogP contribution in [0.1, 0.15) is 53.4 Å². The van der Waals surface area contributed by atoms with E-state index in [1.54, 1.807) is 0 Å². The van der Waals surface area contributed by atoms with E-state index in [1.165, 1.54) is 25.7 Å². The fourth-order valence-electron chi connectivity index (χ4n) is 1.21. The van der Waals surface area contributed by atoms with Crippen LogP contribution < -0.4 is 11.3 Å². The maximum atomic E-state index is 5.52. The Morgan fingerprint density at radius 1 is 1.29 bits per heavy atom. The van der Waals surface area contributed by atoms with Crippen LogP contribution in [0.25, 0.3) is 0 Å². The number of hydrogen-bond donors (Lipinski definition) is 2. The van der Waals surface area contributed by atoms with Gasteiger partial charge in [-0.25, -0.2) is 0 Å². The molecule has 0 aromatic carbocycles. The van der Waals surface area contributed by atoms with Crippen LogP contribution in [0.4, 0.5) is 0 Å². The first-order valence-corrected chi connectivity index (χ1v) is 6.58. The summed E-state index contributed by atoms with van der Waals surface area (Å²) in [5.41, 5.74) is 2.91. The molecule has 0 aliphatic heterocycles. The molecule has 0 fully saturated rings. The first kappa shape index (κ1) is 14.3. The van der Waals surface area contributed by atoms with Crippen molar-refractivity contribution in [1.82, 2.24) is 5.43 Å². The molecule has 0 radical (unpaired) electrons. The highest BCUT2D eigenvalue weighted by atomic mass is 32.2. The average molecular weight is 218 g/mol. The second kappa shape index (κ2) is 7.55. The molecule has 0 aliphatic rings. The number of thioether (sulfide) groups is 1. The molecule has 3 N–H and O–H groups in total. The van der Waals surface area contributed by atoms with Gasteiger partial charge >= 0.3 is 0 Å². The molecular formula is C11H26N2S. The zero-order valence-corrected chi connectivity index (χ0v) is 10.9. The van der Waals surface area contributed by atoms with Crippen LogP contribution in [0.2, 0.25) is 0 Å². The predicted molar refractivity (Wildman–Crippen MR) is 67.5 cm³/mol. The normalized spacial score (nSPS) is 14.4. The molecular weight excluding hydrogens is 192 g/mol. The lowest BCUT2D eigenvalue weighted by Crippen LogP contribution is -2.37. The van der Waals surface area contributed by atoms with E-state index in [2.05, 4.69) is 33.1 Å². The molecule has 1 atom stereocenters. The lowest BCUT2D eigenvalue weighted by molar-refractivity contribution is 0.505. The standard InChI is InChI=1S/C11H26N2S/c1-5-6-7-8-10(13-12)9-14-11(2,3)4/h10,13H,5-9,12H2,1-4H3. The summed E-state index contributed by atoms with van der Waals surface area (Å²) >= 11 is 1.98. The minimum absolute atomic E-state index is 0.347. The summed E-state index contributed by atoms with van der Waals surface area (Å²) < 4.78 is 0.347. The monoisotopic (exact) mass is 218 g/mol. The first-order chi connectivity index (χ1) is 6.49. The number of hydrazine groups is 1. The fraction of sp³-hybridized carbons (Fsp3) is 1.00. The van der Waals surface area contributed by atoms with Gasteiger partial charge in [0.05, 0.1) is 0 Å². The minimum Gasteiger partial charge on any atom is -0.271 e. The molecule has 0 spiro atoms. The highest BCUT2D eigenvalue weighted by molar-refractivity contribution is 8.00. The molecule has 0 aromatic rings. The molecule has 1 unspecified atom stereocenters. The molecule has 0 bridgehead atoms. The number of nitrogens with one attached hydrogen (secondary N) is 1. The number of nitrogens with two attached hydrogens (primary N) is 1. The van der Waals surface area contributed by atoms with E-state index in [0.29, 0.717) is 10.8 Å². The third-order valence-electron chi connectivity index (χ3n) is 2.11. The highest BCUT2D eigenvalue weighted by Crippen LogP contribution is 2.24. The Kier molecular flexibility index (Phi) is 7.69. The third-order valence-corrected chi connectivity index (χ3v) is 3.54. The van der Waals surface area contributed by atoms with Crippen LogP contribution in [0.3, 0.4) is 0 Å². The molecule has 0 rings (SSSR count). The lowest BCUT2D eigenvalue weighted by Gasteiger charge is -2.22. The van der Waals surface area contributed by atoms with E-state index < -0.39 is 0 Å². The zero-order valence-electron chi connectivity index (χ0n) is 10.1. The second-order valence-electron chi connectivity index (χ2n) is 4.78. The van der Waals surface area contributed by atoms with E-state index in [9.17, 15) is 0 Å². The van der Waals surface area contributed by atoms with E-state index in [4.69, 9.17) is 5.84 Å². The molecule has 0 heterocycles. The van der Waals surface area contributed by atoms with Crippen molar-refractivity contribution in [3.63, 3.8) is 0 Å². The van der Waals surface area contributed by atoms with Gasteiger partial charge in [0.15, 0.2) is 0 Å². The Hall–Kier alpha value is 0.270. The molecule has 0 aliphatic carbocycles. The summed E-state index contributed by atoms with van der Waals surface area (Å²) in [5.74, 6) is 6.64. The second-order valence-corrected chi connectivity index (χ2v) is 6.63. The van der Waals surface area contributed by atoms with Gasteiger partial charge in [-0.2, -0.15) is 11.8 Å². The van der Waals surface area contributed by atoms with Gasteiger partial charge in [0, 0.05) is 16.5 Å². The molecule has 86 valence electrons. The third kappa shape index (κ3) is 8.85. The Morgan fingerprint density at radius 3 is 2.36 bits per heavy atom. The van der Waals surface area contributed by atoms with E-state index in [0.717, 1.165) is 5.75 Å². The maximum Gasteiger partial charge on any atom is 0.0301 e. The van der Waals surface area contributed by atoms with Gasteiger partial charge in [-0.3, -0.25) is 11.3 Å². The van der Waals surface area contributed by atoms with Crippen molar-refractivity contribution in [2.45, 2.75) is 64.2 Å². The summed E-state index contributed by atoms with van der Waals surface area (Å²) in [7, 11) is 0. The molecule has 0 amide bonds. The van der Waals surface area contributed by atoms with Crippen LogP contribution in [-0.4, -0.2) is 16.5 Å². The summed E-state index contributed by atoms with van der Waals surface area (Å²) in [6.45, 7) is 8.97. The highest BCUT2D eigenvalue weighted by Gasteiger charge is 2.14. The Bertz CT molecular complexity index is 132. The summed E-state index contributed by atoms with van der Waals surface area (Å²) in [6, 6.07) is 0.478. The Morgan fingerprint density at radius 2 is 1.93 bits per heavy atom. The maximum absolute atomic E-state index is 5.52. The number of unbranched alkanes of at least 4 members (excludes halogenated alkanes) is 2. The molecule has 0 saturated carbocycles. The van der Waals surface area contributed by atoms with Crippen molar-refractivity contribution in [3.05, 3.63) is 0 Å². The van der Waals surface area contributed by atoms with Crippen LogP contribution in [0, 0.1) is 0 Å². The van der Waals surface area contributed by atoms with Gasteiger partial charge in [0.2, 0.25) is 0 Å². The Labute approximate surface area is 93.4 Å². The quantitative estimate of drug-likeness (QED) is 0.392. The van der Waals surface area contributed by atoms with E-state index in [-0.39, 0.29) is 0 Å². The van der Waals surface area contributed by atoms with Crippen molar-refractivity contribution < 1.29 is 0 Å². The lowest BCUT2D eigenvalue weighted by atomic mass is 10.1. The van der Waals surface area contributed by atoms with Crippen LogP contribution in [0.15, 0.2) is 0 Å². The molecule has 3 heteroatoms. The molecule has 2 nitrogen and oxygen atoms in total. The largest absolute Gasteiger partial charge is 0.271 e. The van der Waals surface area contributed by atoms with E-state index >= 15 is 0 Å². The topological polar surface area (TPSA) is 38.0 Å². The van der Waals surface area contributed by atoms with Gasteiger partial charge in [-0.05, 0) is 6.42 Å². The first-order valence-electron chi connectivity index (χ1n) is 5.59. The van der Waals surface area contributed by atoms with Gasteiger partial charge < -0.3 is 0 Å². The summed E-state index contributed by atoms with van der Waals surface area (Å²) in [4.78, 5) is 0. The molecule has 14 heavy (non-hydrogen) atoms. The number of rotatable bonds is 7. The predicted octanol–water partition coefficient (Wildman–Crippen LogP) is 2.93. The minimum atomic E-state index is 0.347. The van der Waals surface area contributed by atoms with Gasteiger partial charge in [0.25, 0.3) is 0 Å². The van der Waals surface area contributed by atoms with Crippen molar-refractivity contribution in [1.29, 1.82) is 0 Å². The SMILES string of the molecule is CCCCCC(CSC(C)(C)C)NN. The van der Waals surface area contributed by atoms with Gasteiger partial charge in [-0.1, -0.05) is 47.0 Å².